The van der Waals surface area contributed by atoms with Gasteiger partial charge >= 0.3 is 0 Å². The van der Waals surface area contributed by atoms with Gasteiger partial charge in [0.1, 0.15) is 5.82 Å². The summed E-state index contributed by atoms with van der Waals surface area (Å²) < 4.78 is 2.28. The smallest absolute Gasteiger partial charge is 0.267 e. The van der Waals surface area contributed by atoms with Crippen LogP contribution in [0.2, 0.25) is 0 Å². The van der Waals surface area contributed by atoms with E-state index in [1.54, 1.807) is 12.3 Å². The predicted molar refractivity (Wildman–Crippen MR) is 102 cm³/mol. The van der Waals surface area contributed by atoms with Crippen molar-refractivity contribution in [3.63, 3.8) is 0 Å². The summed E-state index contributed by atoms with van der Waals surface area (Å²) in [5.41, 5.74) is 1.49. The first-order valence-electron chi connectivity index (χ1n) is 7.91. The fourth-order valence-corrected chi connectivity index (χ4v) is 2.80. The van der Waals surface area contributed by atoms with Crippen LogP contribution in [0.3, 0.4) is 0 Å². The second-order valence-corrected chi connectivity index (χ2v) is 6.63. The zero-order valence-corrected chi connectivity index (χ0v) is 15.2. The van der Waals surface area contributed by atoms with E-state index in [1.165, 1.54) is 4.68 Å². The van der Waals surface area contributed by atoms with Gasteiger partial charge in [0.15, 0.2) is 0 Å². The maximum absolute atomic E-state index is 12.9. The molecule has 0 amide bonds. The van der Waals surface area contributed by atoms with Gasteiger partial charge in [-0.2, -0.15) is 9.78 Å². The van der Waals surface area contributed by atoms with Crippen molar-refractivity contribution in [1.29, 1.82) is 0 Å². The van der Waals surface area contributed by atoms with E-state index >= 15 is 0 Å². The molecule has 1 atom stereocenters. The van der Waals surface area contributed by atoms with Gasteiger partial charge in [-0.05, 0) is 30.2 Å². The third kappa shape index (κ3) is 3.31. The van der Waals surface area contributed by atoms with E-state index in [-0.39, 0.29) is 11.5 Å². The molecule has 122 valence electrons. The minimum absolute atomic E-state index is 0.138. The summed E-state index contributed by atoms with van der Waals surface area (Å²) >= 11 is 3.41. The van der Waals surface area contributed by atoms with E-state index in [0.717, 1.165) is 16.5 Å². The second-order valence-electron chi connectivity index (χ2n) is 5.71. The summed E-state index contributed by atoms with van der Waals surface area (Å²) in [6.45, 7) is 4.13. The lowest BCUT2D eigenvalue weighted by Crippen LogP contribution is -2.23. The molecule has 0 saturated heterocycles. The quantitative estimate of drug-likeness (QED) is 0.620. The summed E-state index contributed by atoms with van der Waals surface area (Å²) in [6.07, 6.45) is 2.58. The molecule has 0 bridgehead atoms. The molecule has 1 heterocycles. The largest absolute Gasteiger partial charge is 0.282 e. The number of rotatable bonds is 4. The molecule has 2 aromatic carbocycles. The van der Waals surface area contributed by atoms with Crippen LogP contribution in [0.25, 0.3) is 10.9 Å². The van der Waals surface area contributed by atoms with Crippen LogP contribution in [0.5, 0.6) is 0 Å². The third-order valence-electron chi connectivity index (χ3n) is 4.01. The highest BCUT2D eigenvalue weighted by atomic mass is 79.9. The van der Waals surface area contributed by atoms with Gasteiger partial charge < -0.3 is 0 Å². The van der Waals surface area contributed by atoms with E-state index in [1.807, 2.05) is 42.5 Å². The number of nitrogens with zero attached hydrogens (tertiary/aromatic N) is 3. The van der Waals surface area contributed by atoms with Crippen molar-refractivity contribution >= 4 is 33.0 Å². The molecular weight excluding hydrogens is 366 g/mol. The Morgan fingerprint density at radius 3 is 2.71 bits per heavy atom. The maximum Gasteiger partial charge on any atom is 0.282 e. The van der Waals surface area contributed by atoms with Crippen LogP contribution >= 0.6 is 15.9 Å². The molecule has 0 aliphatic heterocycles. The summed E-state index contributed by atoms with van der Waals surface area (Å²) in [6, 6.07) is 15.3. The van der Waals surface area contributed by atoms with Crippen molar-refractivity contribution in [1.82, 2.24) is 9.66 Å². The van der Waals surface area contributed by atoms with Crippen LogP contribution in [0.15, 0.2) is 62.9 Å². The Morgan fingerprint density at radius 2 is 2.00 bits per heavy atom. The molecule has 0 saturated carbocycles. The highest BCUT2D eigenvalue weighted by Gasteiger charge is 2.15. The van der Waals surface area contributed by atoms with E-state index in [2.05, 4.69) is 39.9 Å². The molecular formula is C19H18BrN3O. The Kier molecular flexibility index (Phi) is 4.90. The third-order valence-corrected chi connectivity index (χ3v) is 4.50. The lowest BCUT2D eigenvalue weighted by atomic mass is 10.1. The minimum Gasteiger partial charge on any atom is -0.267 e. The number of benzene rings is 2. The lowest BCUT2D eigenvalue weighted by molar-refractivity contribution is 0.613. The zero-order chi connectivity index (χ0) is 17.1. The van der Waals surface area contributed by atoms with Gasteiger partial charge in [-0.25, -0.2) is 4.98 Å². The molecule has 4 nitrogen and oxygen atoms in total. The first-order chi connectivity index (χ1) is 11.6. The standard InChI is InChI=1S/C19H18BrN3O/c1-3-13(2)18-22-17-10-9-15(20)11-16(17)19(24)23(18)21-12-14-7-5-4-6-8-14/h4-13H,3H2,1-2H3/t13-/m1/s1. The summed E-state index contributed by atoms with van der Waals surface area (Å²) in [4.78, 5) is 17.6. The van der Waals surface area contributed by atoms with Gasteiger partial charge in [-0.1, -0.05) is 60.1 Å². The Labute approximate surface area is 149 Å². The molecule has 0 fully saturated rings. The Bertz CT molecular complexity index is 948. The van der Waals surface area contributed by atoms with Gasteiger partial charge in [0.05, 0.1) is 17.1 Å². The molecule has 0 spiro atoms. The highest BCUT2D eigenvalue weighted by Crippen LogP contribution is 2.20. The average Bonchev–Trinajstić information content (AvgIpc) is 2.61. The van der Waals surface area contributed by atoms with Gasteiger partial charge in [0.2, 0.25) is 0 Å². The van der Waals surface area contributed by atoms with Crippen molar-refractivity contribution in [3.05, 3.63) is 74.7 Å². The molecule has 0 aliphatic rings. The topological polar surface area (TPSA) is 47.2 Å². The monoisotopic (exact) mass is 383 g/mol. The summed E-state index contributed by atoms with van der Waals surface area (Å²) in [5.74, 6) is 0.822. The van der Waals surface area contributed by atoms with E-state index < -0.39 is 0 Å². The molecule has 0 radical (unpaired) electrons. The van der Waals surface area contributed by atoms with Crippen LogP contribution in [-0.4, -0.2) is 15.9 Å². The van der Waals surface area contributed by atoms with Crippen LogP contribution in [0.1, 0.15) is 37.6 Å². The summed E-state index contributed by atoms with van der Waals surface area (Å²) in [7, 11) is 0. The maximum atomic E-state index is 12.9. The normalized spacial score (nSPS) is 12.8. The van der Waals surface area contributed by atoms with Gasteiger partial charge in [-0.15, -0.1) is 0 Å². The fraction of sp³-hybridized carbons (Fsp3) is 0.211. The van der Waals surface area contributed by atoms with Crippen LogP contribution in [0, 0.1) is 0 Å². The number of halogens is 1. The van der Waals surface area contributed by atoms with Crippen molar-refractivity contribution in [3.8, 4) is 0 Å². The highest BCUT2D eigenvalue weighted by molar-refractivity contribution is 9.10. The average molecular weight is 384 g/mol. The van der Waals surface area contributed by atoms with Crippen molar-refractivity contribution in [2.24, 2.45) is 5.10 Å². The Hall–Kier alpha value is -2.27. The van der Waals surface area contributed by atoms with Crippen molar-refractivity contribution in [2.75, 3.05) is 0 Å². The van der Waals surface area contributed by atoms with Gasteiger partial charge in [0, 0.05) is 10.4 Å². The number of aromatic nitrogens is 2. The Balaban J connectivity index is 2.21. The molecule has 0 unspecified atom stereocenters. The minimum atomic E-state index is -0.149. The first-order valence-corrected chi connectivity index (χ1v) is 8.71. The Morgan fingerprint density at radius 1 is 1.25 bits per heavy atom. The van der Waals surface area contributed by atoms with Crippen LogP contribution in [-0.2, 0) is 0 Å². The molecule has 0 aliphatic carbocycles. The predicted octanol–water partition coefficient (Wildman–Crippen LogP) is 4.55. The molecule has 0 N–H and O–H groups in total. The SMILES string of the molecule is CC[C@@H](C)c1nc2ccc(Br)cc2c(=O)n1N=Cc1ccccc1. The molecule has 24 heavy (non-hydrogen) atoms. The number of hydrogen-bond donors (Lipinski definition) is 0. The number of hydrogen-bond acceptors (Lipinski definition) is 3. The molecule has 5 heteroatoms. The number of fused-ring (bicyclic) bond motifs is 1. The zero-order valence-electron chi connectivity index (χ0n) is 13.6. The van der Waals surface area contributed by atoms with Crippen molar-refractivity contribution < 1.29 is 0 Å². The van der Waals surface area contributed by atoms with Crippen LogP contribution < -0.4 is 5.56 Å². The lowest BCUT2D eigenvalue weighted by Gasteiger charge is -2.13. The van der Waals surface area contributed by atoms with E-state index in [0.29, 0.717) is 16.7 Å². The van der Waals surface area contributed by atoms with Crippen LogP contribution in [0.4, 0.5) is 0 Å². The summed E-state index contributed by atoms with van der Waals surface area (Å²) in [5, 5.41) is 4.98. The van der Waals surface area contributed by atoms with E-state index in [9.17, 15) is 4.79 Å². The first kappa shape index (κ1) is 16.6. The second kappa shape index (κ2) is 7.09. The molecule has 3 rings (SSSR count). The van der Waals surface area contributed by atoms with Gasteiger partial charge in [0.25, 0.3) is 5.56 Å². The van der Waals surface area contributed by atoms with Gasteiger partial charge in [-0.3, -0.25) is 4.79 Å². The van der Waals surface area contributed by atoms with Crippen molar-refractivity contribution in [2.45, 2.75) is 26.2 Å². The van der Waals surface area contributed by atoms with E-state index in [4.69, 9.17) is 0 Å². The molecule has 3 aromatic rings. The molecule has 1 aromatic heterocycles. The fourth-order valence-electron chi connectivity index (χ4n) is 2.44.